The monoisotopic (exact) mass is 308 g/mol. The van der Waals surface area contributed by atoms with Gasteiger partial charge in [-0.1, -0.05) is 60.2 Å². The Balaban J connectivity index is 1.93. The van der Waals surface area contributed by atoms with Crippen LogP contribution in [0.25, 0.3) is 0 Å². The number of allylic oxidation sites excluding steroid dienone is 1. The summed E-state index contributed by atoms with van der Waals surface area (Å²) < 4.78 is 10.7. The number of hydrogen-bond donors (Lipinski definition) is 0. The van der Waals surface area contributed by atoms with Gasteiger partial charge in [-0.3, -0.25) is 0 Å². The maximum atomic E-state index is 12.0. The zero-order chi connectivity index (χ0) is 16.2. The SMILES string of the molecule is COC(=O)C1=C[C@@H](c2ccccc2)C[C@H](c2ccc(C)cc2)O1. The number of methoxy groups -OCH3 is 1. The molecule has 0 N–H and O–H groups in total. The Labute approximate surface area is 136 Å². The first-order valence-corrected chi connectivity index (χ1v) is 7.75. The number of ether oxygens (including phenoxy) is 2. The Morgan fingerprint density at radius 3 is 2.39 bits per heavy atom. The zero-order valence-electron chi connectivity index (χ0n) is 13.4. The van der Waals surface area contributed by atoms with Gasteiger partial charge in [-0.15, -0.1) is 0 Å². The molecule has 0 spiro atoms. The zero-order valence-corrected chi connectivity index (χ0v) is 13.4. The highest BCUT2D eigenvalue weighted by molar-refractivity contribution is 5.86. The Bertz CT molecular complexity index is 701. The summed E-state index contributed by atoms with van der Waals surface area (Å²) in [4.78, 5) is 12.0. The number of hydrogen-bond acceptors (Lipinski definition) is 3. The average Bonchev–Trinajstić information content (AvgIpc) is 2.62. The molecule has 3 heteroatoms. The van der Waals surface area contributed by atoms with Crippen molar-refractivity contribution in [3.05, 3.63) is 83.1 Å². The first kappa shape index (κ1) is 15.3. The molecule has 2 aromatic carbocycles. The smallest absolute Gasteiger partial charge is 0.373 e. The number of carbonyl (C=O) groups is 1. The van der Waals surface area contributed by atoms with E-state index in [0.29, 0.717) is 0 Å². The standard InChI is InChI=1S/C20H20O3/c1-14-8-10-16(11-9-14)18-12-17(15-6-4-3-5-7-15)13-19(23-18)20(21)22-2/h3-11,13,17-18H,12H2,1-2H3/t17-,18+/m0/s1. The molecule has 0 aliphatic carbocycles. The van der Waals surface area contributed by atoms with Crippen LogP contribution in [0.4, 0.5) is 0 Å². The van der Waals surface area contributed by atoms with Gasteiger partial charge in [0.05, 0.1) is 7.11 Å². The van der Waals surface area contributed by atoms with Crippen molar-refractivity contribution in [3.8, 4) is 0 Å². The fourth-order valence-electron chi connectivity index (χ4n) is 2.86. The number of rotatable bonds is 3. The van der Waals surface area contributed by atoms with E-state index in [1.807, 2.05) is 24.3 Å². The summed E-state index contributed by atoms with van der Waals surface area (Å²) in [7, 11) is 1.37. The Kier molecular flexibility index (Phi) is 4.47. The second-order valence-electron chi connectivity index (χ2n) is 5.79. The molecule has 0 aromatic heterocycles. The number of esters is 1. The van der Waals surface area contributed by atoms with Gasteiger partial charge in [-0.2, -0.15) is 0 Å². The number of carbonyl (C=O) groups excluding carboxylic acids is 1. The first-order chi connectivity index (χ1) is 11.2. The van der Waals surface area contributed by atoms with Crippen LogP contribution in [0.2, 0.25) is 0 Å². The fraction of sp³-hybridized carbons (Fsp3) is 0.250. The fourth-order valence-corrected chi connectivity index (χ4v) is 2.86. The van der Waals surface area contributed by atoms with E-state index in [0.717, 1.165) is 12.0 Å². The molecule has 2 atom stereocenters. The normalized spacial score (nSPS) is 20.3. The molecule has 118 valence electrons. The summed E-state index contributed by atoms with van der Waals surface area (Å²) in [5.41, 5.74) is 3.45. The van der Waals surface area contributed by atoms with Crippen molar-refractivity contribution in [2.75, 3.05) is 7.11 Å². The molecule has 23 heavy (non-hydrogen) atoms. The third kappa shape index (κ3) is 3.45. The quantitative estimate of drug-likeness (QED) is 0.793. The minimum Gasteiger partial charge on any atom is -0.479 e. The van der Waals surface area contributed by atoms with Gasteiger partial charge in [0.15, 0.2) is 0 Å². The van der Waals surface area contributed by atoms with Crippen LogP contribution in [0.15, 0.2) is 66.4 Å². The molecular weight excluding hydrogens is 288 g/mol. The molecule has 0 bridgehead atoms. The minimum atomic E-state index is -0.428. The Morgan fingerprint density at radius 2 is 1.74 bits per heavy atom. The van der Waals surface area contributed by atoms with Gasteiger partial charge >= 0.3 is 5.97 Å². The molecule has 0 saturated carbocycles. The highest BCUT2D eigenvalue weighted by Crippen LogP contribution is 2.38. The first-order valence-electron chi connectivity index (χ1n) is 7.75. The van der Waals surface area contributed by atoms with Gasteiger partial charge in [0.25, 0.3) is 0 Å². The molecule has 0 saturated heterocycles. The molecule has 3 rings (SSSR count). The second-order valence-corrected chi connectivity index (χ2v) is 5.79. The van der Waals surface area contributed by atoms with Gasteiger partial charge in [0, 0.05) is 5.92 Å². The lowest BCUT2D eigenvalue weighted by Crippen LogP contribution is -2.20. The van der Waals surface area contributed by atoms with E-state index in [-0.39, 0.29) is 17.8 Å². The molecule has 1 heterocycles. The van der Waals surface area contributed by atoms with E-state index < -0.39 is 5.97 Å². The summed E-state index contributed by atoms with van der Waals surface area (Å²) in [5.74, 6) is -0.00808. The van der Waals surface area contributed by atoms with Crippen LogP contribution in [0.1, 0.15) is 35.1 Å². The van der Waals surface area contributed by atoms with Gasteiger partial charge in [0.1, 0.15) is 6.10 Å². The van der Waals surface area contributed by atoms with Crippen molar-refractivity contribution in [1.29, 1.82) is 0 Å². The highest BCUT2D eigenvalue weighted by atomic mass is 16.6. The van der Waals surface area contributed by atoms with E-state index in [1.54, 1.807) is 0 Å². The third-order valence-corrected chi connectivity index (χ3v) is 4.15. The maximum absolute atomic E-state index is 12.0. The van der Waals surface area contributed by atoms with E-state index in [2.05, 4.69) is 43.3 Å². The van der Waals surface area contributed by atoms with Gasteiger partial charge < -0.3 is 9.47 Å². The molecular formula is C20H20O3. The van der Waals surface area contributed by atoms with Crippen LogP contribution < -0.4 is 0 Å². The molecule has 1 aliphatic heterocycles. The second kappa shape index (κ2) is 6.69. The lowest BCUT2D eigenvalue weighted by atomic mass is 9.88. The van der Waals surface area contributed by atoms with Crippen LogP contribution >= 0.6 is 0 Å². The summed E-state index contributed by atoms with van der Waals surface area (Å²) in [6.07, 6.45) is 2.51. The maximum Gasteiger partial charge on any atom is 0.373 e. The number of aryl methyl sites for hydroxylation is 1. The van der Waals surface area contributed by atoms with Crippen molar-refractivity contribution in [1.82, 2.24) is 0 Å². The van der Waals surface area contributed by atoms with Gasteiger partial charge in [-0.25, -0.2) is 4.79 Å². The Hall–Kier alpha value is -2.55. The molecule has 2 aromatic rings. The molecule has 0 fully saturated rings. The van der Waals surface area contributed by atoms with Crippen LogP contribution in [0.3, 0.4) is 0 Å². The summed E-state index contributed by atoms with van der Waals surface area (Å²) in [6, 6.07) is 18.4. The van der Waals surface area contributed by atoms with Gasteiger partial charge in [0.2, 0.25) is 5.76 Å². The third-order valence-electron chi connectivity index (χ3n) is 4.15. The number of benzene rings is 2. The predicted octanol–water partition coefficient (Wildman–Crippen LogP) is 4.30. The lowest BCUT2D eigenvalue weighted by Gasteiger charge is -2.29. The molecule has 0 radical (unpaired) electrons. The lowest BCUT2D eigenvalue weighted by molar-refractivity contribution is -0.142. The van der Waals surface area contributed by atoms with Crippen LogP contribution in [0.5, 0.6) is 0 Å². The predicted molar refractivity (Wildman–Crippen MR) is 88.9 cm³/mol. The van der Waals surface area contributed by atoms with Crippen LogP contribution in [-0.4, -0.2) is 13.1 Å². The highest BCUT2D eigenvalue weighted by Gasteiger charge is 2.29. The van der Waals surface area contributed by atoms with Crippen molar-refractivity contribution in [2.45, 2.75) is 25.4 Å². The van der Waals surface area contributed by atoms with E-state index >= 15 is 0 Å². The molecule has 1 aliphatic rings. The van der Waals surface area contributed by atoms with Crippen molar-refractivity contribution < 1.29 is 14.3 Å². The Morgan fingerprint density at radius 1 is 1.04 bits per heavy atom. The van der Waals surface area contributed by atoms with Crippen molar-refractivity contribution in [3.63, 3.8) is 0 Å². The summed E-state index contributed by atoms with van der Waals surface area (Å²) >= 11 is 0. The largest absolute Gasteiger partial charge is 0.479 e. The van der Waals surface area contributed by atoms with E-state index in [4.69, 9.17) is 9.47 Å². The van der Waals surface area contributed by atoms with E-state index in [9.17, 15) is 4.79 Å². The minimum absolute atomic E-state index is 0.130. The van der Waals surface area contributed by atoms with Crippen LogP contribution in [-0.2, 0) is 14.3 Å². The average molecular weight is 308 g/mol. The van der Waals surface area contributed by atoms with E-state index in [1.165, 1.54) is 18.2 Å². The van der Waals surface area contributed by atoms with Gasteiger partial charge in [-0.05, 0) is 30.5 Å². The molecule has 0 unspecified atom stereocenters. The summed E-state index contributed by atoms with van der Waals surface area (Å²) in [5, 5.41) is 0. The summed E-state index contributed by atoms with van der Waals surface area (Å²) in [6.45, 7) is 2.05. The van der Waals surface area contributed by atoms with Crippen molar-refractivity contribution >= 4 is 5.97 Å². The molecule has 0 amide bonds. The van der Waals surface area contributed by atoms with Crippen LogP contribution in [0, 0.1) is 6.92 Å². The molecule has 3 nitrogen and oxygen atoms in total. The van der Waals surface area contributed by atoms with Crippen molar-refractivity contribution in [2.24, 2.45) is 0 Å². The topological polar surface area (TPSA) is 35.5 Å².